The van der Waals surface area contributed by atoms with E-state index in [-0.39, 0.29) is 13.1 Å². The molecule has 0 atom stereocenters. The van der Waals surface area contributed by atoms with Crippen LogP contribution in [0.2, 0.25) is 0 Å². The molecule has 0 aromatic rings. The van der Waals surface area contributed by atoms with E-state index in [9.17, 15) is 18.0 Å². The quantitative estimate of drug-likeness (QED) is 0.832. The van der Waals surface area contributed by atoms with Crippen molar-refractivity contribution in [3.05, 3.63) is 0 Å². The normalized spacial score (nSPS) is 19.2. The van der Waals surface area contributed by atoms with Crippen LogP contribution in [0, 0.1) is 5.41 Å². The van der Waals surface area contributed by atoms with Gasteiger partial charge in [-0.15, -0.1) is 0 Å². The standard InChI is InChI=1S/C12H21F3N2O2/c1-2-5-17(9-12(13,14)15)10(18)11(8-16)3-6-19-7-4-11/h2-9,16H2,1H3. The second-order valence-electron chi connectivity index (χ2n) is 4.94. The van der Waals surface area contributed by atoms with Gasteiger partial charge in [-0.1, -0.05) is 6.92 Å². The molecule has 0 aliphatic carbocycles. The Bertz CT molecular complexity index is 302. The molecule has 0 saturated carbocycles. The maximum Gasteiger partial charge on any atom is 0.406 e. The first-order valence-corrected chi connectivity index (χ1v) is 6.48. The Morgan fingerprint density at radius 1 is 1.37 bits per heavy atom. The molecule has 1 aliphatic heterocycles. The summed E-state index contributed by atoms with van der Waals surface area (Å²) in [6.45, 7) is 1.44. The Labute approximate surface area is 111 Å². The zero-order valence-electron chi connectivity index (χ0n) is 11.1. The number of carbonyl (C=O) groups excluding carboxylic acids is 1. The molecule has 0 radical (unpaired) electrons. The van der Waals surface area contributed by atoms with Gasteiger partial charge >= 0.3 is 6.18 Å². The molecule has 1 aliphatic rings. The molecule has 7 heteroatoms. The van der Waals surface area contributed by atoms with Gasteiger partial charge in [0.15, 0.2) is 0 Å². The number of nitrogens with two attached hydrogens (primary N) is 1. The molecular weight excluding hydrogens is 261 g/mol. The summed E-state index contributed by atoms with van der Waals surface area (Å²) in [6, 6.07) is 0. The average Bonchev–Trinajstić information content (AvgIpc) is 2.36. The molecule has 0 spiro atoms. The highest BCUT2D eigenvalue weighted by Crippen LogP contribution is 2.32. The highest BCUT2D eigenvalue weighted by atomic mass is 19.4. The summed E-state index contributed by atoms with van der Waals surface area (Å²) in [5.41, 5.74) is 4.76. The van der Waals surface area contributed by atoms with Crippen molar-refractivity contribution in [3.63, 3.8) is 0 Å². The van der Waals surface area contributed by atoms with Crippen molar-refractivity contribution in [1.29, 1.82) is 0 Å². The predicted octanol–water partition coefficient (Wildman–Crippen LogP) is 1.54. The minimum absolute atomic E-state index is 0.0628. The molecule has 1 heterocycles. The Kier molecular flexibility index (Phi) is 5.61. The topological polar surface area (TPSA) is 55.6 Å². The summed E-state index contributed by atoms with van der Waals surface area (Å²) < 4.78 is 42.8. The van der Waals surface area contributed by atoms with Crippen LogP contribution in [0.25, 0.3) is 0 Å². The van der Waals surface area contributed by atoms with Crippen LogP contribution in [0.3, 0.4) is 0 Å². The van der Waals surface area contributed by atoms with E-state index in [1.165, 1.54) is 0 Å². The van der Waals surface area contributed by atoms with Gasteiger partial charge in [0, 0.05) is 26.3 Å². The van der Waals surface area contributed by atoms with Crippen molar-refractivity contribution in [2.24, 2.45) is 11.1 Å². The number of halogens is 3. The summed E-state index contributed by atoms with van der Waals surface area (Å²) in [7, 11) is 0. The summed E-state index contributed by atoms with van der Waals surface area (Å²) in [4.78, 5) is 13.3. The Hall–Kier alpha value is -0.820. The van der Waals surface area contributed by atoms with Crippen molar-refractivity contribution in [1.82, 2.24) is 4.90 Å². The van der Waals surface area contributed by atoms with Crippen molar-refractivity contribution in [2.45, 2.75) is 32.4 Å². The zero-order valence-corrected chi connectivity index (χ0v) is 11.1. The smallest absolute Gasteiger partial charge is 0.381 e. The van der Waals surface area contributed by atoms with Crippen LogP contribution >= 0.6 is 0 Å². The van der Waals surface area contributed by atoms with Crippen LogP contribution in [0.4, 0.5) is 13.2 Å². The lowest BCUT2D eigenvalue weighted by Gasteiger charge is -2.39. The number of carbonyl (C=O) groups is 1. The molecule has 1 amide bonds. The molecule has 0 bridgehead atoms. The van der Waals surface area contributed by atoms with E-state index in [4.69, 9.17) is 10.5 Å². The van der Waals surface area contributed by atoms with E-state index in [0.717, 1.165) is 4.90 Å². The number of ether oxygens (including phenoxy) is 1. The van der Waals surface area contributed by atoms with Crippen molar-refractivity contribution >= 4 is 5.91 Å². The van der Waals surface area contributed by atoms with E-state index in [1.54, 1.807) is 6.92 Å². The molecular formula is C12H21F3N2O2. The second kappa shape index (κ2) is 6.56. The van der Waals surface area contributed by atoms with Crippen LogP contribution in [-0.2, 0) is 9.53 Å². The van der Waals surface area contributed by atoms with Crippen molar-refractivity contribution in [3.8, 4) is 0 Å². The minimum Gasteiger partial charge on any atom is -0.381 e. The van der Waals surface area contributed by atoms with Gasteiger partial charge in [-0.05, 0) is 19.3 Å². The van der Waals surface area contributed by atoms with Crippen molar-refractivity contribution < 1.29 is 22.7 Å². The van der Waals surface area contributed by atoms with Crippen LogP contribution in [0.1, 0.15) is 26.2 Å². The lowest BCUT2D eigenvalue weighted by atomic mass is 9.79. The molecule has 0 aromatic heterocycles. The molecule has 1 fully saturated rings. The van der Waals surface area contributed by atoms with Crippen molar-refractivity contribution in [2.75, 3.05) is 32.8 Å². The summed E-state index contributed by atoms with van der Waals surface area (Å²) in [6.07, 6.45) is -3.12. The Balaban J connectivity index is 2.84. The number of hydrogen-bond donors (Lipinski definition) is 1. The Morgan fingerprint density at radius 2 is 1.95 bits per heavy atom. The van der Waals surface area contributed by atoms with Gasteiger partial charge in [-0.2, -0.15) is 13.2 Å². The van der Waals surface area contributed by atoms with Gasteiger partial charge < -0.3 is 15.4 Å². The highest BCUT2D eigenvalue weighted by Gasteiger charge is 2.44. The predicted molar refractivity (Wildman–Crippen MR) is 64.5 cm³/mol. The fourth-order valence-corrected chi connectivity index (χ4v) is 2.34. The zero-order chi connectivity index (χ0) is 14.5. The highest BCUT2D eigenvalue weighted by molar-refractivity contribution is 5.83. The minimum atomic E-state index is -4.38. The lowest BCUT2D eigenvalue weighted by molar-refractivity contribution is -0.170. The molecule has 19 heavy (non-hydrogen) atoms. The largest absolute Gasteiger partial charge is 0.406 e. The van der Waals surface area contributed by atoms with E-state index in [0.29, 0.717) is 32.5 Å². The Morgan fingerprint density at radius 3 is 2.37 bits per heavy atom. The molecule has 2 N–H and O–H groups in total. The van der Waals surface area contributed by atoms with Crippen LogP contribution in [-0.4, -0.2) is 49.8 Å². The van der Waals surface area contributed by atoms with Crippen LogP contribution in [0.5, 0.6) is 0 Å². The van der Waals surface area contributed by atoms with Gasteiger partial charge in [0.1, 0.15) is 6.54 Å². The van der Waals surface area contributed by atoms with E-state index in [1.807, 2.05) is 0 Å². The number of rotatable bonds is 5. The fourth-order valence-electron chi connectivity index (χ4n) is 2.34. The van der Waals surface area contributed by atoms with Gasteiger partial charge in [0.25, 0.3) is 0 Å². The molecule has 4 nitrogen and oxygen atoms in total. The number of hydrogen-bond acceptors (Lipinski definition) is 3. The average molecular weight is 282 g/mol. The first kappa shape index (κ1) is 16.2. The first-order valence-electron chi connectivity index (χ1n) is 6.48. The van der Waals surface area contributed by atoms with E-state index in [2.05, 4.69) is 0 Å². The number of amides is 1. The lowest BCUT2D eigenvalue weighted by Crippen LogP contribution is -2.53. The third kappa shape index (κ3) is 4.35. The molecule has 0 aromatic carbocycles. The van der Waals surface area contributed by atoms with Gasteiger partial charge in [-0.3, -0.25) is 4.79 Å². The SMILES string of the molecule is CCCN(CC(F)(F)F)C(=O)C1(CN)CCOCC1. The maximum absolute atomic E-state index is 12.5. The summed E-state index contributed by atoms with van der Waals surface area (Å²) >= 11 is 0. The molecule has 1 rings (SSSR count). The third-order valence-corrected chi connectivity index (χ3v) is 3.45. The maximum atomic E-state index is 12.5. The fraction of sp³-hybridized carbons (Fsp3) is 0.917. The summed E-state index contributed by atoms with van der Waals surface area (Å²) in [5.74, 6) is -0.488. The number of alkyl halides is 3. The van der Waals surface area contributed by atoms with E-state index >= 15 is 0 Å². The molecule has 0 unspecified atom stereocenters. The van der Waals surface area contributed by atoms with E-state index < -0.39 is 24.0 Å². The molecule has 1 saturated heterocycles. The van der Waals surface area contributed by atoms with Crippen LogP contribution in [0.15, 0.2) is 0 Å². The second-order valence-corrected chi connectivity index (χ2v) is 4.94. The molecule has 112 valence electrons. The monoisotopic (exact) mass is 282 g/mol. The van der Waals surface area contributed by atoms with Gasteiger partial charge in [-0.25, -0.2) is 0 Å². The van der Waals surface area contributed by atoms with Gasteiger partial charge in [0.05, 0.1) is 5.41 Å². The first-order chi connectivity index (χ1) is 8.84. The third-order valence-electron chi connectivity index (χ3n) is 3.45. The van der Waals surface area contributed by atoms with Crippen LogP contribution < -0.4 is 5.73 Å². The number of nitrogens with zero attached hydrogens (tertiary/aromatic N) is 1. The summed E-state index contributed by atoms with van der Waals surface area (Å²) in [5, 5.41) is 0. The van der Waals surface area contributed by atoms with Gasteiger partial charge in [0.2, 0.25) is 5.91 Å².